The van der Waals surface area contributed by atoms with Crippen molar-refractivity contribution in [2.24, 2.45) is 0 Å². The van der Waals surface area contributed by atoms with Gasteiger partial charge < -0.3 is 14.5 Å². The lowest BCUT2D eigenvalue weighted by Gasteiger charge is -2.07. The second kappa shape index (κ2) is 9.28. The summed E-state index contributed by atoms with van der Waals surface area (Å²) in [5.74, 6) is 0.635. The van der Waals surface area contributed by atoms with Crippen LogP contribution in [-0.2, 0) is 13.2 Å². The highest BCUT2D eigenvalue weighted by Gasteiger charge is 2.18. The van der Waals surface area contributed by atoms with E-state index in [4.69, 9.17) is 20.8 Å². The van der Waals surface area contributed by atoms with Crippen LogP contribution in [-0.4, -0.2) is 15.7 Å². The quantitative estimate of drug-likeness (QED) is 0.386. The molecule has 0 saturated heterocycles. The van der Waals surface area contributed by atoms with Gasteiger partial charge in [-0.3, -0.25) is 9.48 Å². The van der Waals surface area contributed by atoms with Crippen LogP contribution in [0.4, 0.5) is 10.1 Å². The highest BCUT2D eigenvalue weighted by Crippen LogP contribution is 2.23. The molecular weight excluding hydrogens is 433 g/mol. The second-order valence-corrected chi connectivity index (χ2v) is 7.73. The number of anilines is 1. The Morgan fingerprint density at radius 1 is 1.16 bits per heavy atom. The molecule has 4 aromatic rings. The third-order valence-corrected chi connectivity index (χ3v) is 5.17. The summed E-state index contributed by atoms with van der Waals surface area (Å²) < 4.78 is 26.5. The molecule has 4 rings (SSSR count). The van der Waals surface area contributed by atoms with Gasteiger partial charge in [0.05, 0.1) is 23.6 Å². The maximum Gasteiger partial charge on any atom is 0.291 e. The van der Waals surface area contributed by atoms with E-state index in [9.17, 15) is 9.18 Å². The summed E-state index contributed by atoms with van der Waals surface area (Å²) in [5, 5.41) is 7.96. The van der Waals surface area contributed by atoms with E-state index in [1.54, 1.807) is 54.1 Å². The van der Waals surface area contributed by atoms with Gasteiger partial charge in [-0.05, 0) is 67.9 Å². The third kappa shape index (κ3) is 5.00. The number of aromatic nitrogens is 2. The van der Waals surface area contributed by atoms with Crippen molar-refractivity contribution in [2.45, 2.75) is 27.0 Å². The molecule has 0 unspecified atom stereocenters. The number of carbonyl (C=O) groups excluding carboxylic acids is 1. The molecule has 0 saturated carbocycles. The van der Waals surface area contributed by atoms with E-state index >= 15 is 0 Å². The Morgan fingerprint density at radius 3 is 2.69 bits per heavy atom. The summed E-state index contributed by atoms with van der Waals surface area (Å²) in [7, 11) is 0. The van der Waals surface area contributed by atoms with Gasteiger partial charge in [-0.1, -0.05) is 23.7 Å². The SMILES string of the molecule is Cc1nn(Cc2cccc(F)c2)c(C)c1NC(=O)c1ccc(COc2ccc(Cl)cc2)o1. The number of furan rings is 1. The molecule has 0 aliphatic rings. The number of benzene rings is 2. The van der Waals surface area contributed by atoms with Gasteiger partial charge in [0.2, 0.25) is 0 Å². The summed E-state index contributed by atoms with van der Waals surface area (Å²) in [6, 6.07) is 16.6. The summed E-state index contributed by atoms with van der Waals surface area (Å²) >= 11 is 5.86. The fraction of sp³-hybridized carbons (Fsp3) is 0.167. The summed E-state index contributed by atoms with van der Waals surface area (Å²) in [6.07, 6.45) is 0. The minimum absolute atomic E-state index is 0.163. The van der Waals surface area contributed by atoms with Gasteiger partial charge in [0.25, 0.3) is 5.91 Å². The molecule has 0 aliphatic carbocycles. The predicted octanol–water partition coefficient (Wildman–Crippen LogP) is 5.77. The first-order chi connectivity index (χ1) is 15.4. The number of nitrogens with one attached hydrogen (secondary N) is 1. The average molecular weight is 454 g/mol. The molecule has 2 aromatic carbocycles. The lowest BCUT2D eigenvalue weighted by molar-refractivity contribution is 0.0992. The van der Waals surface area contributed by atoms with Crippen molar-refractivity contribution >= 4 is 23.2 Å². The predicted molar refractivity (Wildman–Crippen MR) is 120 cm³/mol. The molecule has 0 radical (unpaired) electrons. The zero-order valence-electron chi connectivity index (χ0n) is 17.6. The first-order valence-electron chi connectivity index (χ1n) is 9.96. The van der Waals surface area contributed by atoms with Crippen molar-refractivity contribution in [3.63, 3.8) is 0 Å². The Labute approximate surface area is 189 Å². The monoisotopic (exact) mass is 453 g/mol. The Kier molecular flexibility index (Phi) is 6.28. The average Bonchev–Trinajstić information content (AvgIpc) is 3.34. The van der Waals surface area contributed by atoms with Crippen molar-refractivity contribution in [2.75, 3.05) is 5.32 Å². The summed E-state index contributed by atoms with van der Waals surface area (Å²) in [6.45, 7) is 4.23. The van der Waals surface area contributed by atoms with E-state index in [-0.39, 0.29) is 24.1 Å². The molecule has 32 heavy (non-hydrogen) atoms. The van der Waals surface area contributed by atoms with E-state index in [0.717, 1.165) is 11.3 Å². The zero-order chi connectivity index (χ0) is 22.7. The van der Waals surface area contributed by atoms with Gasteiger partial charge in [0, 0.05) is 5.02 Å². The van der Waals surface area contributed by atoms with Gasteiger partial charge >= 0.3 is 0 Å². The second-order valence-electron chi connectivity index (χ2n) is 7.30. The van der Waals surface area contributed by atoms with Crippen molar-refractivity contribution in [3.8, 4) is 5.75 Å². The molecule has 0 fully saturated rings. The molecule has 8 heteroatoms. The number of nitrogens with zero attached hydrogens (tertiary/aromatic N) is 2. The highest BCUT2D eigenvalue weighted by atomic mass is 35.5. The molecule has 2 aromatic heterocycles. The molecule has 164 valence electrons. The van der Waals surface area contributed by atoms with Gasteiger partial charge in [-0.2, -0.15) is 5.10 Å². The molecule has 0 aliphatic heterocycles. The first kappa shape index (κ1) is 21.6. The number of aryl methyl sites for hydroxylation is 1. The third-order valence-electron chi connectivity index (χ3n) is 4.92. The van der Waals surface area contributed by atoms with Crippen LogP contribution < -0.4 is 10.1 Å². The molecule has 0 bridgehead atoms. The Morgan fingerprint density at radius 2 is 1.94 bits per heavy atom. The minimum atomic E-state index is -0.390. The van der Waals surface area contributed by atoms with Crippen LogP contribution in [0.25, 0.3) is 0 Å². The molecule has 6 nitrogen and oxygen atoms in total. The maximum atomic E-state index is 13.5. The van der Waals surface area contributed by atoms with E-state index in [2.05, 4.69) is 10.4 Å². The number of carbonyl (C=O) groups is 1. The lowest BCUT2D eigenvalue weighted by Crippen LogP contribution is -2.12. The largest absolute Gasteiger partial charge is 0.486 e. The van der Waals surface area contributed by atoms with Crippen LogP contribution in [0.15, 0.2) is 65.1 Å². The molecule has 1 amide bonds. The van der Waals surface area contributed by atoms with Crippen molar-refractivity contribution in [1.29, 1.82) is 0 Å². The molecule has 1 N–H and O–H groups in total. The zero-order valence-corrected chi connectivity index (χ0v) is 18.3. The number of hydrogen-bond acceptors (Lipinski definition) is 4. The molecule has 0 spiro atoms. The minimum Gasteiger partial charge on any atom is -0.486 e. The van der Waals surface area contributed by atoms with Gasteiger partial charge in [-0.25, -0.2) is 4.39 Å². The topological polar surface area (TPSA) is 69.3 Å². The Bertz CT molecular complexity index is 1250. The van der Waals surface area contributed by atoms with Crippen LogP contribution in [0.3, 0.4) is 0 Å². The van der Waals surface area contributed by atoms with Gasteiger partial charge in [0.15, 0.2) is 5.76 Å². The normalized spacial score (nSPS) is 10.9. The number of amides is 1. The number of rotatable bonds is 7. The molecular formula is C24H21ClFN3O3. The lowest BCUT2D eigenvalue weighted by atomic mass is 10.2. The van der Waals surface area contributed by atoms with E-state index in [1.807, 2.05) is 13.0 Å². The van der Waals surface area contributed by atoms with Gasteiger partial charge in [0.1, 0.15) is 23.9 Å². The Balaban J connectivity index is 1.41. The fourth-order valence-corrected chi connectivity index (χ4v) is 3.40. The van der Waals surface area contributed by atoms with Crippen LogP contribution in [0.2, 0.25) is 5.02 Å². The number of halogens is 2. The fourth-order valence-electron chi connectivity index (χ4n) is 3.28. The van der Waals surface area contributed by atoms with Crippen LogP contribution in [0.5, 0.6) is 5.75 Å². The molecule has 2 heterocycles. The standard InChI is InChI=1S/C24H21ClFN3O3/c1-15-23(16(2)29(28-15)13-17-4-3-5-19(26)12-17)27-24(30)22-11-10-21(32-22)14-31-20-8-6-18(25)7-9-20/h3-12H,13-14H2,1-2H3,(H,27,30). The summed E-state index contributed by atoms with van der Waals surface area (Å²) in [4.78, 5) is 12.7. The van der Waals surface area contributed by atoms with Crippen LogP contribution >= 0.6 is 11.6 Å². The smallest absolute Gasteiger partial charge is 0.291 e. The van der Waals surface area contributed by atoms with Crippen LogP contribution in [0, 0.1) is 19.7 Å². The van der Waals surface area contributed by atoms with E-state index in [0.29, 0.717) is 34.5 Å². The number of hydrogen-bond donors (Lipinski definition) is 1. The number of ether oxygens (including phenoxy) is 1. The van der Waals surface area contributed by atoms with Crippen LogP contribution in [0.1, 0.15) is 33.3 Å². The first-order valence-corrected chi connectivity index (χ1v) is 10.3. The summed E-state index contributed by atoms with van der Waals surface area (Å²) in [5.41, 5.74) is 2.80. The van der Waals surface area contributed by atoms with E-state index < -0.39 is 0 Å². The Hall–Kier alpha value is -3.58. The van der Waals surface area contributed by atoms with Crippen molar-refractivity contribution < 1.29 is 18.3 Å². The molecule has 0 atom stereocenters. The van der Waals surface area contributed by atoms with Gasteiger partial charge in [-0.15, -0.1) is 0 Å². The van der Waals surface area contributed by atoms with Crippen molar-refractivity contribution in [3.05, 3.63) is 100.0 Å². The maximum absolute atomic E-state index is 13.5. The van der Waals surface area contributed by atoms with Crippen molar-refractivity contribution in [1.82, 2.24) is 9.78 Å². The van der Waals surface area contributed by atoms with E-state index in [1.165, 1.54) is 12.1 Å². The highest BCUT2D eigenvalue weighted by molar-refractivity contribution is 6.30.